The molecule has 176 valence electrons. The summed E-state index contributed by atoms with van der Waals surface area (Å²) in [5.41, 5.74) is 0.665. The van der Waals surface area contributed by atoms with Gasteiger partial charge in [-0.1, -0.05) is 18.2 Å². The maximum atomic E-state index is 14.1. The van der Waals surface area contributed by atoms with Gasteiger partial charge in [0.1, 0.15) is 24.0 Å². The first-order valence-electron chi connectivity index (χ1n) is 10.2. The maximum Gasteiger partial charge on any atom is 0.337 e. The van der Waals surface area contributed by atoms with Gasteiger partial charge in [-0.05, 0) is 36.4 Å². The van der Waals surface area contributed by atoms with E-state index in [2.05, 4.69) is 10.1 Å². The molecule has 2 aromatic rings. The van der Waals surface area contributed by atoms with Crippen LogP contribution in [-0.4, -0.2) is 39.1 Å². The van der Waals surface area contributed by atoms with Crippen molar-refractivity contribution in [3.8, 4) is 5.75 Å². The normalized spacial score (nSPS) is 13.0. The molecule has 9 heteroatoms. The summed E-state index contributed by atoms with van der Waals surface area (Å²) in [6, 6.07) is 10.2. The number of ether oxygens (including phenoxy) is 2. The Kier molecular flexibility index (Phi) is 7.92. The van der Waals surface area contributed by atoms with Gasteiger partial charge in [0.2, 0.25) is 6.41 Å². The molecular weight excluding hydrogens is 446 g/mol. The number of anilines is 2. The lowest BCUT2D eigenvalue weighted by Gasteiger charge is -2.19. The summed E-state index contributed by atoms with van der Waals surface area (Å²) in [6.07, 6.45) is 4.37. The fourth-order valence-electron chi connectivity index (χ4n) is 3.24. The van der Waals surface area contributed by atoms with E-state index >= 15 is 0 Å². The number of halogens is 2. The number of hydrogen-bond acceptors (Lipinski definition) is 6. The van der Waals surface area contributed by atoms with Gasteiger partial charge >= 0.3 is 5.97 Å². The second kappa shape index (κ2) is 11.0. The van der Waals surface area contributed by atoms with Crippen molar-refractivity contribution in [3.05, 3.63) is 89.0 Å². The monoisotopic (exact) mass is 468 g/mol. The van der Waals surface area contributed by atoms with E-state index in [1.165, 1.54) is 55.7 Å². The number of rotatable bonds is 8. The van der Waals surface area contributed by atoms with Crippen LogP contribution in [0.25, 0.3) is 0 Å². The van der Waals surface area contributed by atoms with Crippen LogP contribution in [0.3, 0.4) is 0 Å². The molecular formula is C25H22F2N2O5. The molecule has 0 heterocycles. The quantitative estimate of drug-likeness (QED) is 0.445. The number of allylic oxidation sites excluding steroid dienone is 4. The standard InChI is InChI=1S/C25H22F2N2O5/c1-28-23-12-16(25(32)33-2)10-11-19(23)24(31)29(15-30)17-6-5-7-18(13-17)34-14-20-21(26)8-3-4-9-22(20)27/h3-8,10-13,15,28H,9,14H2,1-2H3. The number of imide groups is 1. The molecule has 1 aliphatic rings. The summed E-state index contributed by atoms with van der Waals surface area (Å²) in [6.45, 7) is -0.368. The van der Waals surface area contributed by atoms with Crippen molar-refractivity contribution in [1.29, 1.82) is 0 Å². The van der Waals surface area contributed by atoms with E-state index in [0.717, 1.165) is 11.0 Å². The molecule has 3 rings (SSSR count). The molecule has 0 aliphatic heterocycles. The Morgan fingerprint density at radius 3 is 2.68 bits per heavy atom. The molecule has 2 aromatic carbocycles. The summed E-state index contributed by atoms with van der Waals surface area (Å²) in [5.74, 6) is -2.40. The van der Waals surface area contributed by atoms with Crippen LogP contribution in [0.4, 0.5) is 20.2 Å². The van der Waals surface area contributed by atoms with Crippen molar-refractivity contribution < 1.29 is 32.6 Å². The second-order valence-corrected chi connectivity index (χ2v) is 7.10. The Morgan fingerprint density at radius 1 is 1.18 bits per heavy atom. The van der Waals surface area contributed by atoms with E-state index in [1.54, 1.807) is 13.1 Å². The lowest BCUT2D eigenvalue weighted by Crippen LogP contribution is -2.30. The molecule has 34 heavy (non-hydrogen) atoms. The molecule has 0 spiro atoms. The van der Waals surface area contributed by atoms with Crippen molar-refractivity contribution >= 4 is 29.7 Å². The zero-order chi connectivity index (χ0) is 24.7. The van der Waals surface area contributed by atoms with Gasteiger partial charge in [-0.15, -0.1) is 0 Å². The van der Waals surface area contributed by atoms with E-state index < -0.39 is 23.5 Å². The van der Waals surface area contributed by atoms with Crippen LogP contribution >= 0.6 is 0 Å². The third kappa shape index (κ3) is 5.37. The topological polar surface area (TPSA) is 84.9 Å². The van der Waals surface area contributed by atoms with Crippen molar-refractivity contribution in [2.24, 2.45) is 0 Å². The average molecular weight is 468 g/mol. The van der Waals surface area contributed by atoms with Crippen molar-refractivity contribution in [3.63, 3.8) is 0 Å². The number of hydrogen-bond donors (Lipinski definition) is 1. The fraction of sp³-hybridized carbons (Fsp3) is 0.160. The molecule has 0 unspecified atom stereocenters. The molecule has 1 N–H and O–H groups in total. The maximum absolute atomic E-state index is 14.1. The number of carbonyl (C=O) groups excluding carboxylic acids is 3. The number of carbonyl (C=O) groups is 3. The molecule has 0 fully saturated rings. The third-order valence-corrected chi connectivity index (χ3v) is 5.04. The summed E-state index contributed by atoms with van der Waals surface area (Å²) in [7, 11) is 2.81. The number of nitrogens with one attached hydrogen (secondary N) is 1. The first-order valence-corrected chi connectivity index (χ1v) is 10.2. The number of amides is 2. The summed E-state index contributed by atoms with van der Waals surface area (Å²) >= 11 is 0. The van der Waals surface area contributed by atoms with Crippen LogP contribution < -0.4 is 15.0 Å². The molecule has 2 amide bonds. The predicted octanol–water partition coefficient (Wildman–Crippen LogP) is 4.73. The molecule has 0 aromatic heterocycles. The lowest BCUT2D eigenvalue weighted by molar-refractivity contribution is -0.106. The Hall–Kier alpha value is -4.27. The highest BCUT2D eigenvalue weighted by Crippen LogP contribution is 2.28. The third-order valence-electron chi connectivity index (χ3n) is 5.04. The van der Waals surface area contributed by atoms with Crippen molar-refractivity contribution in [1.82, 2.24) is 0 Å². The Morgan fingerprint density at radius 2 is 1.97 bits per heavy atom. The highest BCUT2D eigenvalue weighted by Gasteiger charge is 2.22. The van der Waals surface area contributed by atoms with Gasteiger partial charge < -0.3 is 14.8 Å². The Bertz CT molecular complexity index is 1200. The highest BCUT2D eigenvalue weighted by atomic mass is 19.1. The fourth-order valence-corrected chi connectivity index (χ4v) is 3.24. The number of benzene rings is 2. The summed E-state index contributed by atoms with van der Waals surface area (Å²) < 4.78 is 38.4. The molecule has 0 saturated heterocycles. The number of esters is 1. The first-order chi connectivity index (χ1) is 16.4. The Labute approximate surface area is 195 Å². The van der Waals surface area contributed by atoms with Crippen molar-refractivity contribution in [2.75, 3.05) is 31.0 Å². The SMILES string of the molecule is CNc1cc(C(=O)OC)ccc1C(=O)N(C=O)c1cccc(OCC2=C(F)CC=CC=C2F)c1. The van der Waals surface area contributed by atoms with Crippen LogP contribution in [0.15, 0.2) is 77.9 Å². The summed E-state index contributed by atoms with van der Waals surface area (Å²) in [4.78, 5) is 37.6. The lowest BCUT2D eigenvalue weighted by atomic mass is 10.1. The molecule has 1 aliphatic carbocycles. The van der Waals surface area contributed by atoms with Gasteiger partial charge in [-0.2, -0.15) is 0 Å². The van der Waals surface area contributed by atoms with Gasteiger partial charge in [0.25, 0.3) is 5.91 Å². The van der Waals surface area contributed by atoms with Gasteiger partial charge in [-0.25, -0.2) is 18.5 Å². The second-order valence-electron chi connectivity index (χ2n) is 7.10. The largest absolute Gasteiger partial charge is 0.489 e. The minimum atomic E-state index is -0.734. The van der Waals surface area contributed by atoms with Gasteiger partial charge in [-0.3, -0.25) is 9.59 Å². The molecule has 0 radical (unpaired) electrons. The van der Waals surface area contributed by atoms with E-state index in [4.69, 9.17) is 4.74 Å². The molecule has 0 bridgehead atoms. The van der Waals surface area contributed by atoms with Crippen molar-refractivity contribution in [2.45, 2.75) is 6.42 Å². The van der Waals surface area contributed by atoms with E-state index in [0.29, 0.717) is 12.1 Å². The Balaban J connectivity index is 1.84. The predicted molar refractivity (Wildman–Crippen MR) is 123 cm³/mol. The first kappa shape index (κ1) is 24.4. The van der Waals surface area contributed by atoms with E-state index in [9.17, 15) is 23.2 Å². The molecule has 0 atom stereocenters. The zero-order valence-corrected chi connectivity index (χ0v) is 18.5. The smallest absolute Gasteiger partial charge is 0.337 e. The average Bonchev–Trinajstić information content (AvgIpc) is 3.02. The van der Waals surface area contributed by atoms with E-state index in [-0.39, 0.29) is 41.2 Å². The van der Waals surface area contributed by atoms with Gasteiger partial charge in [0.05, 0.1) is 29.5 Å². The summed E-state index contributed by atoms with van der Waals surface area (Å²) in [5, 5.41) is 2.83. The zero-order valence-electron chi connectivity index (χ0n) is 18.5. The van der Waals surface area contributed by atoms with Crippen LogP contribution in [-0.2, 0) is 9.53 Å². The molecule has 0 saturated carbocycles. The van der Waals surface area contributed by atoms with Crippen LogP contribution in [0.5, 0.6) is 5.75 Å². The van der Waals surface area contributed by atoms with Gasteiger partial charge in [0.15, 0.2) is 0 Å². The minimum Gasteiger partial charge on any atom is -0.489 e. The van der Waals surface area contributed by atoms with Crippen LogP contribution in [0.1, 0.15) is 27.1 Å². The minimum absolute atomic E-state index is 0.0430. The van der Waals surface area contributed by atoms with Crippen LogP contribution in [0.2, 0.25) is 0 Å². The number of methoxy groups -OCH3 is 1. The highest BCUT2D eigenvalue weighted by molar-refractivity contribution is 6.18. The van der Waals surface area contributed by atoms with Gasteiger partial charge in [0, 0.05) is 25.2 Å². The number of nitrogens with zero attached hydrogens (tertiary/aromatic N) is 1. The molecule has 7 nitrogen and oxygen atoms in total. The van der Waals surface area contributed by atoms with Crippen LogP contribution in [0, 0.1) is 0 Å². The van der Waals surface area contributed by atoms with E-state index in [1.807, 2.05) is 0 Å².